The molecule has 13 heavy (non-hydrogen) atoms. The van der Waals surface area contributed by atoms with E-state index in [-0.39, 0.29) is 0 Å². The van der Waals surface area contributed by atoms with E-state index in [1.807, 2.05) is 12.2 Å². The SMILES string of the molecule is S=C1C=CC=C(Cc2cnoc2)C1. The van der Waals surface area contributed by atoms with Gasteiger partial charge in [0.15, 0.2) is 0 Å². The summed E-state index contributed by atoms with van der Waals surface area (Å²) in [4.78, 5) is 0.994. The molecule has 0 atom stereocenters. The maximum absolute atomic E-state index is 5.11. The smallest absolute Gasteiger partial charge is 0.127 e. The lowest BCUT2D eigenvalue weighted by atomic mass is 9.99. The zero-order chi connectivity index (χ0) is 9.10. The Kier molecular flexibility index (Phi) is 2.36. The Bertz CT molecular complexity index is 362. The van der Waals surface area contributed by atoms with Gasteiger partial charge in [-0.3, -0.25) is 0 Å². The summed E-state index contributed by atoms with van der Waals surface area (Å²) < 4.78 is 4.75. The second-order valence-electron chi connectivity index (χ2n) is 3.04. The summed E-state index contributed by atoms with van der Waals surface area (Å²) in [7, 11) is 0. The first-order chi connectivity index (χ1) is 6.34. The molecule has 0 unspecified atom stereocenters. The highest BCUT2D eigenvalue weighted by atomic mass is 32.1. The number of hydrogen-bond donors (Lipinski definition) is 0. The zero-order valence-corrected chi connectivity index (χ0v) is 7.88. The van der Waals surface area contributed by atoms with Crippen molar-refractivity contribution in [3.8, 4) is 0 Å². The van der Waals surface area contributed by atoms with Gasteiger partial charge in [0, 0.05) is 16.8 Å². The number of nitrogens with zero attached hydrogens (tertiary/aromatic N) is 1. The van der Waals surface area contributed by atoms with Crippen LogP contribution in [0, 0.1) is 0 Å². The average molecular weight is 191 g/mol. The van der Waals surface area contributed by atoms with E-state index >= 15 is 0 Å². The molecule has 0 aliphatic heterocycles. The number of rotatable bonds is 2. The number of aromatic nitrogens is 1. The van der Waals surface area contributed by atoms with Crippen molar-refractivity contribution in [3.05, 3.63) is 41.8 Å². The van der Waals surface area contributed by atoms with E-state index in [1.54, 1.807) is 12.5 Å². The number of thiocarbonyl (C=S) groups is 1. The van der Waals surface area contributed by atoms with Crippen molar-refractivity contribution in [2.24, 2.45) is 0 Å². The summed E-state index contributed by atoms with van der Waals surface area (Å²) in [5.74, 6) is 0. The van der Waals surface area contributed by atoms with Gasteiger partial charge >= 0.3 is 0 Å². The van der Waals surface area contributed by atoms with Crippen LogP contribution in [0.1, 0.15) is 12.0 Å². The van der Waals surface area contributed by atoms with Gasteiger partial charge in [-0.2, -0.15) is 0 Å². The largest absolute Gasteiger partial charge is 0.364 e. The molecule has 0 bridgehead atoms. The minimum atomic E-state index is 0.883. The van der Waals surface area contributed by atoms with Crippen molar-refractivity contribution in [1.29, 1.82) is 0 Å². The molecule has 0 amide bonds. The van der Waals surface area contributed by atoms with Gasteiger partial charge in [-0.05, 0) is 12.5 Å². The average Bonchev–Trinajstić information content (AvgIpc) is 2.57. The Labute approximate surface area is 81.9 Å². The van der Waals surface area contributed by atoms with Crippen LogP contribution in [0.4, 0.5) is 0 Å². The normalized spacial score (nSPS) is 16.0. The molecular weight excluding hydrogens is 182 g/mol. The lowest BCUT2D eigenvalue weighted by molar-refractivity contribution is 0.419. The van der Waals surface area contributed by atoms with Crippen LogP contribution in [0.5, 0.6) is 0 Å². The summed E-state index contributed by atoms with van der Waals surface area (Å²) in [5.41, 5.74) is 2.42. The minimum absolute atomic E-state index is 0.883. The summed E-state index contributed by atoms with van der Waals surface area (Å²) in [6.45, 7) is 0. The number of hydrogen-bond acceptors (Lipinski definition) is 3. The Morgan fingerprint density at radius 3 is 3.15 bits per heavy atom. The molecule has 0 fully saturated rings. The predicted molar refractivity (Wildman–Crippen MR) is 54.6 cm³/mol. The van der Waals surface area contributed by atoms with Gasteiger partial charge in [-0.15, -0.1) is 0 Å². The van der Waals surface area contributed by atoms with E-state index in [2.05, 4.69) is 11.2 Å². The van der Waals surface area contributed by atoms with Crippen molar-refractivity contribution in [3.63, 3.8) is 0 Å². The third kappa shape index (κ3) is 2.12. The van der Waals surface area contributed by atoms with E-state index < -0.39 is 0 Å². The van der Waals surface area contributed by atoms with Crippen molar-refractivity contribution < 1.29 is 4.52 Å². The van der Waals surface area contributed by atoms with Crippen LogP contribution in [0.25, 0.3) is 0 Å². The molecule has 2 nitrogen and oxygen atoms in total. The van der Waals surface area contributed by atoms with E-state index in [4.69, 9.17) is 16.7 Å². The first kappa shape index (κ1) is 8.38. The minimum Gasteiger partial charge on any atom is -0.364 e. The Hall–Kier alpha value is -1.22. The maximum atomic E-state index is 5.11. The van der Waals surface area contributed by atoms with Crippen LogP contribution >= 0.6 is 12.2 Å². The molecule has 1 heterocycles. The fourth-order valence-corrected chi connectivity index (χ4v) is 1.59. The van der Waals surface area contributed by atoms with Gasteiger partial charge in [-0.1, -0.05) is 35.1 Å². The third-order valence-corrected chi connectivity index (χ3v) is 2.21. The van der Waals surface area contributed by atoms with Crippen LogP contribution in [-0.2, 0) is 6.42 Å². The highest BCUT2D eigenvalue weighted by Gasteiger charge is 2.05. The Morgan fingerprint density at radius 2 is 2.46 bits per heavy atom. The molecule has 66 valence electrons. The maximum Gasteiger partial charge on any atom is 0.127 e. The highest BCUT2D eigenvalue weighted by Crippen LogP contribution is 2.15. The molecule has 0 saturated heterocycles. The highest BCUT2D eigenvalue weighted by molar-refractivity contribution is 7.80. The predicted octanol–water partition coefficient (Wildman–Crippen LogP) is 2.47. The van der Waals surface area contributed by atoms with Gasteiger partial charge in [0.1, 0.15) is 6.26 Å². The van der Waals surface area contributed by atoms with Crippen LogP contribution in [0.3, 0.4) is 0 Å². The molecule has 1 aromatic rings. The first-order valence-electron chi connectivity index (χ1n) is 4.12. The van der Waals surface area contributed by atoms with Crippen LogP contribution < -0.4 is 0 Å². The summed E-state index contributed by atoms with van der Waals surface area (Å²) >= 11 is 5.11. The zero-order valence-electron chi connectivity index (χ0n) is 7.06. The fourth-order valence-electron chi connectivity index (χ4n) is 1.33. The van der Waals surface area contributed by atoms with Crippen molar-refractivity contribution in [1.82, 2.24) is 5.16 Å². The van der Waals surface area contributed by atoms with Crippen molar-refractivity contribution in [2.45, 2.75) is 12.8 Å². The van der Waals surface area contributed by atoms with Crippen molar-refractivity contribution >= 4 is 17.1 Å². The van der Waals surface area contributed by atoms with E-state index in [0.29, 0.717) is 0 Å². The quantitative estimate of drug-likeness (QED) is 0.672. The molecule has 3 heteroatoms. The molecule has 1 aliphatic rings. The van der Waals surface area contributed by atoms with Gasteiger partial charge < -0.3 is 4.52 Å². The molecule has 1 aromatic heterocycles. The Morgan fingerprint density at radius 1 is 1.54 bits per heavy atom. The summed E-state index contributed by atoms with van der Waals surface area (Å²) in [6.07, 6.45) is 11.2. The van der Waals surface area contributed by atoms with E-state index in [9.17, 15) is 0 Å². The van der Waals surface area contributed by atoms with Gasteiger partial charge in [0.25, 0.3) is 0 Å². The topological polar surface area (TPSA) is 26.0 Å². The molecule has 0 spiro atoms. The number of allylic oxidation sites excluding steroid dienone is 4. The van der Waals surface area contributed by atoms with E-state index in [1.165, 1.54) is 5.57 Å². The second kappa shape index (κ2) is 3.66. The lowest BCUT2D eigenvalue weighted by Crippen LogP contribution is -1.99. The van der Waals surface area contributed by atoms with Crippen LogP contribution in [0.2, 0.25) is 0 Å². The van der Waals surface area contributed by atoms with Gasteiger partial charge in [-0.25, -0.2) is 0 Å². The molecule has 0 N–H and O–H groups in total. The van der Waals surface area contributed by atoms with Gasteiger partial charge in [0.05, 0.1) is 6.20 Å². The standard InChI is InChI=1S/C10H9NOS/c13-10-3-1-2-8(5-10)4-9-6-11-12-7-9/h1-3,6-7H,4-5H2. The molecule has 1 aliphatic carbocycles. The molecule has 0 saturated carbocycles. The van der Waals surface area contributed by atoms with Crippen LogP contribution in [-0.4, -0.2) is 10.0 Å². The monoisotopic (exact) mass is 191 g/mol. The Balaban J connectivity index is 2.07. The molecule has 2 rings (SSSR count). The van der Waals surface area contributed by atoms with Crippen LogP contribution in [0.15, 0.2) is 40.8 Å². The van der Waals surface area contributed by atoms with E-state index in [0.717, 1.165) is 23.3 Å². The summed E-state index contributed by atoms with van der Waals surface area (Å²) in [5, 5.41) is 3.65. The summed E-state index contributed by atoms with van der Waals surface area (Å²) in [6, 6.07) is 0. The van der Waals surface area contributed by atoms with Gasteiger partial charge in [0.2, 0.25) is 0 Å². The third-order valence-electron chi connectivity index (χ3n) is 1.93. The second-order valence-corrected chi connectivity index (χ2v) is 3.56. The lowest BCUT2D eigenvalue weighted by Gasteiger charge is -2.07. The first-order valence-corrected chi connectivity index (χ1v) is 4.52. The molecule has 0 aromatic carbocycles. The molecular formula is C10H9NOS. The molecule has 0 radical (unpaired) electrons. The fraction of sp³-hybridized carbons (Fsp3) is 0.200. The van der Waals surface area contributed by atoms with Crippen molar-refractivity contribution in [2.75, 3.05) is 0 Å².